The maximum Gasteiger partial charge on any atom is 0.191 e. The molecule has 2 heterocycles. The number of hydrogen-bond donors (Lipinski definition) is 2. The van der Waals surface area contributed by atoms with Gasteiger partial charge in [0.1, 0.15) is 5.76 Å². The van der Waals surface area contributed by atoms with Gasteiger partial charge in [-0.15, -0.1) is 24.0 Å². The molecular weight excluding hydrogens is 451 g/mol. The Balaban J connectivity index is 0.00000261. The first-order valence-corrected chi connectivity index (χ1v) is 9.62. The Labute approximate surface area is 179 Å². The van der Waals surface area contributed by atoms with Gasteiger partial charge in [0.25, 0.3) is 0 Å². The van der Waals surface area contributed by atoms with Crippen molar-refractivity contribution in [2.24, 2.45) is 4.99 Å². The van der Waals surface area contributed by atoms with Crippen molar-refractivity contribution in [3.8, 4) is 0 Å². The van der Waals surface area contributed by atoms with Gasteiger partial charge in [0.05, 0.1) is 12.3 Å². The zero-order valence-corrected chi connectivity index (χ0v) is 18.4. The number of furan rings is 1. The van der Waals surface area contributed by atoms with Crippen LogP contribution in [-0.2, 0) is 6.42 Å². The normalized spacial score (nSPS) is 16.4. The van der Waals surface area contributed by atoms with Crippen LogP contribution >= 0.6 is 24.0 Å². The smallest absolute Gasteiger partial charge is 0.191 e. The second kappa shape index (κ2) is 12.0. The minimum atomic E-state index is 0. The molecule has 0 radical (unpaired) electrons. The highest BCUT2D eigenvalue weighted by atomic mass is 127. The van der Waals surface area contributed by atoms with E-state index in [0.717, 1.165) is 44.3 Å². The molecule has 1 saturated heterocycles. The van der Waals surface area contributed by atoms with Crippen LogP contribution in [0.2, 0.25) is 0 Å². The number of rotatable bonds is 7. The Hall–Kier alpha value is -1.54. The molecule has 1 aromatic heterocycles. The third kappa shape index (κ3) is 6.84. The number of guanidine groups is 1. The summed E-state index contributed by atoms with van der Waals surface area (Å²) in [6.45, 7) is 3.91. The molecule has 2 aromatic rings. The lowest BCUT2D eigenvalue weighted by Gasteiger charge is -2.33. The summed E-state index contributed by atoms with van der Waals surface area (Å²) < 4.78 is 5.71. The molecule has 2 N–H and O–H groups in total. The van der Waals surface area contributed by atoms with E-state index >= 15 is 0 Å². The molecule has 27 heavy (non-hydrogen) atoms. The predicted octanol–water partition coefficient (Wildman–Crippen LogP) is 3.83. The lowest BCUT2D eigenvalue weighted by molar-refractivity contribution is 0.146. The summed E-state index contributed by atoms with van der Waals surface area (Å²) in [6, 6.07) is 14.8. The summed E-state index contributed by atoms with van der Waals surface area (Å²) in [7, 11) is 1.82. The van der Waals surface area contributed by atoms with E-state index in [0.29, 0.717) is 0 Å². The van der Waals surface area contributed by atoms with E-state index in [-0.39, 0.29) is 30.0 Å². The molecule has 3 rings (SSSR count). The Morgan fingerprint density at radius 3 is 2.52 bits per heavy atom. The second-order valence-electron chi connectivity index (χ2n) is 6.74. The highest BCUT2D eigenvalue weighted by Gasteiger charge is 2.24. The van der Waals surface area contributed by atoms with Gasteiger partial charge in [0.2, 0.25) is 0 Å². The van der Waals surface area contributed by atoms with Crippen molar-refractivity contribution in [3.05, 3.63) is 60.1 Å². The summed E-state index contributed by atoms with van der Waals surface area (Å²) in [5.74, 6) is 1.87. The van der Waals surface area contributed by atoms with E-state index in [2.05, 4.69) is 50.9 Å². The first-order valence-electron chi connectivity index (χ1n) is 9.62. The Morgan fingerprint density at radius 1 is 1.07 bits per heavy atom. The van der Waals surface area contributed by atoms with Crippen LogP contribution in [0, 0.1) is 0 Å². The lowest BCUT2D eigenvalue weighted by atomic mass is 10.1. The summed E-state index contributed by atoms with van der Waals surface area (Å²) in [4.78, 5) is 6.88. The Morgan fingerprint density at radius 2 is 1.85 bits per heavy atom. The van der Waals surface area contributed by atoms with Crippen LogP contribution in [0.25, 0.3) is 0 Å². The number of benzene rings is 1. The molecule has 1 aliphatic rings. The highest BCUT2D eigenvalue weighted by Crippen LogP contribution is 2.24. The van der Waals surface area contributed by atoms with E-state index < -0.39 is 0 Å². The van der Waals surface area contributed by atoms with Crippen molar-refractivity contribution in [2.75, 3.05) is 33.2 Å². The molecule has 1 fully saturated rings. The van der Waals surface area contributed by atoms with Crippen LogP contribution in [0.5, 0.6) is 0 Å². The summed E-state index contributed by atoms with van der Waals surface area (Å²) in [5, 5.41) is 6.89. The van der Waals surface area contributed by atoms with Crippen LogP contribution < -0.4 is 10.6 Å². The number of likely N-dealkylation sites (tertiary alicyclic amines) is 1. The Bertz CT molecular complexity index is 654. The SMILES string of the molecule is CN=C(NCCc1ccccc1)NCC(c1ccco1)N1CCCCC1.I. The molecule has 1 aromatic carbocycles. The molecule has 0 aliphatic carbocycles. The molecule has 6 heteroatoms. The molecule has 148 valence electrons. The van der Waals surface area contributed by atoms with E-state index in [1.165, 1.54) is 24.8 Å². The van der Waals surface area contributed by atoms with E-state index in [9.17, 15) is 0 Å². The summed E-state index contributed by atoms with van der Waals surface area (Å²) in [6.07, 6.45) is 6.61. The van der Waals surface area contributed by atoms with Gasteiger partial charge in [-0.3, -0.25) is 9.89 Å². The molecule has 0 saturated carbocycles. The number of halogens is 1. The Kier molecular flexibility index (Phi) is 9.69. The fourth-order valence-corrected chi connectivity index (χ4v) is 3.50. The quantitative estimate of drug-likeness (QED) is 0.358. The van der Waals surface area contributed by atoms with Crippen LogP contribution in [-0.4, -0.2) is 44.1 Å². The van der Waals surface area contributed by atoms with E-state index in [1.54, 1.807) is 6.26 Å². The van der Waals surface area contributed by atoms with Crippen molar-refractivity contribution >= 4 is 29.9 Å². The minimum Gasteiger partial charge on any atom is -0.468 e. The van der Waals surface area contributed by atoms with Gasteiger partial charge in [-0.25, -0.2) is 0 Å². The second-order valence-corrected chi connectivity index (χ2v) is 6.74. The first-order chi connectivity index (χ1) is 12.9. The van der Waals surface area contributed by atoms with Gasteiger partial charge in [-0.1, -0.05) is 36.8 Å². The number of aliphatic imine (C=N–C) groups is 1. The van der Waals surface area contributed by atoms with Crippen molar-refractivity contribution in [1.29, 1.82) is 0 Å². The third-order valence-corrected chi connectivity index (χ3v) is 4.94. The average Bonchev–Trinajstić information content (AvgIpc) is 3.23. The number of nitrogens with one attached hydrogen (secondary N) is 2. The third-order valence-electron chi connectivity index (χ3n) is 4.94. The molecule has 0 bridgehead atoms. The van der Waals surface area contributed by atoms with Crippen LogP contribution in [0.1, 0.15) is 36.6 Å². The van der Waals surface area contributed by atoms with Crippen LogP contribution in [0.15, 0.2) is 58.1 Å². The van der Waals surface area contributed by atoms with Crippen molar-refractivity contribution < 1.29 is 4.42 Å². The average molecular weight is 482 g/mol. The number of nitrogens with zero attached hydrogens (tertiary/aromatic N) is 2. The summed E-state index contributed by atoms with van der Waals surface area (Å²) in [5.41, 5.74) is 1.33. The molecule has 1 aliphatic heterocycles. The van der Waals surface area contributed by atoms with E-state index in [1.807, 2.05) is 19.2 Å². The number of hydrogen-bond acceptors (Lipinski definition) is 3. The molecule has 0 spiro atoms. The van der Waals surface area contributed by atoms with Gasteiger partial charge in [-0.05, 0) is 50.0 Å². The maximum atomic E-state index is 5.71. The monoisotopic (exact) mass is 482 g/mol. The van der Waals surface area contributed by atoms with E-state index in [4.69, 9.17) is 4.42 Å². The van der Waals surface area contributed by atoms with Gasteiger partial charge in [0, 0.05) is 20.1 Å². The topological polar surface area (TPSA) is 52.8 Å². The van der Waals surface area contributed by atoms with Crippen LogP contribution in [0.4, 0.5) is 0 Å². The fourth-order valence-electron chi connectivity index (χ4n) is 3.50. The fraction of sp³-hybridized carbons (Fsp3) is 0.476. The first kappa shape index (κ1) is 21.8. The van der Waals surface area contributed by atoms with Gasteiger partial charge in [0.15, 0.2) is 5.96 Å². The van der Waals surface area contributed by atoms with Crippen molar-refractivity contribution in [1.82, 2.24) is 15.5 Å². The largest absolute Gasteiger partial charge is 0.468 e. The van der Waals surface area contributed by atoms with Crippen LogP contribution in [0.3, 0.4) is 0 Å². The van der Waals surface area contributed by atoms with Crippen molar-refractivity contribution in [3.63, 3.8) is 0 Å². The zero-order chi connectivity index (χ0) is 18.0. The molecule has 5 nitrogen and oxygen atoms in total. The predicted molar refractivity (Wildman–Crippen MR) is 122 cm³/mol. The maximum absolute atomic E-state index is 5.71. The molecule has 1 atom stereocenters. The zero-order valence-electron chi connectivity index (χ0n) is 16.1. The molecular formula is C21H31IN4O. The van der Waals surface area contributed by atoms with Gasteiger partial charge < -0.3 is 15.1 Å². The highest BCUT2D eigenvalue weighted by molar-refractivity contribution is 14.0. The molecule has 1 unspecified atom stereocenters. The lowest BCUT2D eigenvalue weighted by Crippen LogP contribution is -2.44. The number of piperidine rings is 1. The molecule has 0 amide bonds. The van der Waals surface area contributed by atoms with Gasteiger partial charge >= 0.3 is 0 Å². The van der Waals surface area contributed by atoms with Gasteiger partial charge in [-0.2, -0.15) is 0 Å². The summed E-state index contributed by atoms with van der Waals surface area (Å²) >= 11 is 0. The standard InChI is InChI=1S/C21H30N4O.HI/c1-22-21(23-13-12-18-9-4-2-5-10-18)24-17-19(20-11-8-16-26-20)25-14-6-3-7-15-25;/h2,4-5,8-11,16,19H,3,6-7,12-15,17H2,1H3,(H2,22,23,24);1H. The van der Waals surface area contributed by atoms with Crippen molar-refractivity contribution in [2.45, 2.75) is 31.7 Å². The minimum absolute atomic E-state index is 0.